The van der Waals surface area contributed by atoms with Gasteiger partial charge in [0, 0.05) is 51.2 Å². The van der Waals surface area contributed by atoms with Gasteiger partial charge in [-0.3, -0.25) is 28.9 Å². The van der Waals surface area contributed by atoms with Gasteiger partial charge in [-0.05, 0) is 51.8 Å². The number of hydrogen-bond acceptors (Lipinski definition) is 7. The molecule has 0 aliphatic carbocycles. The fraction of sp³-hybridized carbons (Fsp3) is 0.483. The molecule has 1 atom stereocenters. The van der Waals surface area contributed by atoms with Crippen molar-refractivity contribution >= 4 is 29.3 Å². The topological polar surface area (TPSA) is 145 Å². The van der Waals surface area contributed by atoms with Gasteiger partial charge in [0.1, 0.15) is 17.9 Å². The summed E-state index contributed by atoms with van der Waals surface area (Å²) < 4.78 is 1.17. The molecule has 12 heteroatoms. The quantitative estimate of drug-likeness (QED) is 0.244. The van der Waals surface area contributed by atoms with Gasteiger partial charge < -0.3 is 30.7 Å². The van der Waals surface area contributed by atoms with Crippen molar-refractivity contribution < 1.29 is 19.2 Å². The van der Waals surface area contributed by atoms with E-state index < -0.39 is 23.4 Å². The highest BCUT2D eigenvalue weighted by molar-refractivity contribution is 6.06. The molecule has 1 fully saturated rings. The largest absolute Gasteiger partial charge is 0.340 e. The van der Waals surface area contributed by atoms with Gasteiger partial charge in [0.15, 0.2) is 0 Å². The van der Waals surface area contributed by atoms with E-state index in [4.69, 9.17) is 0 Å². The molecule has 1 saturated heterocycles. The van der Waals surface area contributed by atoms with Gasteiger partial charge in [-0.25, -0.2) is 0 Å². The Hall–Kier alpha value is -4.03. The maximum absolute atomic E-state index is 13.3. The molecule has 0 aromatic carbocycles. The minimum absolute atomic E-state index is 0.0521. The number of amides is 4. The number of allylic oxidation sites excluding steroid dienone is 3. The van der Waals surface area contributed by atoms with Crippen molar-refractivity contribution in [2.24, 2.45) is 0 Å². The fourth-order valence-corrected chi connectivity index (χ4v) is 4.09. The van der Waals surface area contributed by atoms with Crippen LogP contribution >= 0.6 is 0 Å². The number of hydrogen-bond donors (Lipinski definition) is 4. The zero-order valence-electron chi connectivity index (χ0n) is 24.5. The van der Waals surface area contributed by atoms with Crippen LogP contribution in [0, 0.1) is 0 Å². The first-order valence-corrected chi connectivity index (χ1v) is 14.0. The number of nitrogens with zero attached hydrogens (tertiary/aromatic N) is 3. The third-order valence-electron chi connectivity index (χ3n) is 6.70. The van der Waals surface area contributed by atoms with Crippen LogP contribution in [0.4, 0.5) is 5.69 Å². The number of aromatic nitrogens is 1. The lowest BCUT2D eigenvalue weighted by Crippen LogP contribution is -2.53. The van der Waals surface area contributed by atoms with E-state index in [1.165, 1.54) is 35.0 Å². The van der Waals surface area contributed by atoms with Gasteiger partial charge in [0.2, 0.25) is 17.7 Å². The summed E-state index contributed by atoms with van der Waals surface area (Å²) in [7, 11) is 0. The van der Waals surface area contributed by atoms with E-state index in [0.29, 0.717) is 38.3 Å². The smallest absolute Gasteiger partial charge is 0.274 e. The Morgan fingerprint density at radius 2 is 1.80 bits per heavy atom. The first kappa shape index (κ1) is 33.2. The Balaban J connectivity index is 2.23. The van der Waals surface area contributed by atoms with E-state index in [1.54, 1.807) is 17.9 Å². The van der Waals surface area contributed by atoms with E-state index >= 15 is 0 Å². The lowest BCUT2D eigenvalue weighted by Gasteiger charge is -2.32. The summed E-state index contributed by atoms with van der Waals surface area (Å²) in [6, 6.07) is 2.47. The van der Waals surface area contributed by atoms with Crippen LogP contribution in [0.1, 0.15) is 40.5 Å². The third-order valence-corrected chi connectivity index (χ3v) is 6.70. The van der Waals surface area contributed by atoms with Crippen molar-refractivity contribution in [1.29, 1.82) is 0 Å². The SMILES string of the molecule is C=C(CC)NC(=O)Cn1cccc(NC(=O)/C(=C\C/C=C/C(=O)N(CC)CC)NC(=O)C(C)N2CCNCC2)c1=O. The Morgan fingerprint density at radius 1 is 1.12 bits per heavy atom. The molecule has 1 aromatic heterocycles. The van der Waals surface area contributed by atoms with Crippen LogP contribution in [-0.2, 0) is 25.7 Å². The highest BCUT2D eigenvalue weighted by Crippen LogP contribution is 2.07. The first-order valence-electron chi connectivity index (χ1n) is 14.0. The summed E-state index contributed by atoms with van der Waals surface area (Å²) in [5.74, 6) is -1.63. The van der Waals surface area contributed by atoms with Crippen molar-refractivity contribution in [3.05, 3.63) is 64.9 Å². The Kier molecular flexibility index (Phi) is 13.7. The van der Waals surface area contributed by atoms with E-state index in [9.17, 15) is 24.0 Å². The van der Waals surface area contributed by atoms with Gasteiger partial charge in [0.25, 0.3) is 11.5 Å². The first-order chi connectivity index (χ1) is 19.6. The molecule has 4 N–H and O–H groups in total. The monoisotopic (exact) mass is 569 g/mol. The van der Waals surface area contributed by atoms with Crippen LogP contribution in [0.25, 0.3) is 0 Å². The molecular weight excluding hydrogens is 526 g/mol. The normalized spacial score (nSPS) is 14.8. The number of rotatable bonds is 14. The number of likely N-dealkylation sites (N-methyl/N-ethyl adjacent to an activating group) is 1. The predicted octanol–water partition coefficient (Wildman–Crippen LogP) is 0.935. The second kappa shape index (κ2) is 16.9. The van der Waals surface area contributed by atoms with Crippen molar-refractivity contribution in [2.45, 2.75) is 53.1 Å². The lowest BCUT2D eigenvalue weighted by molar-refractivity contribution is -0.127. The maximum atomic E-state index is 13.3. The van der Waals surface area contributed by atoms with Crippen LogP contribution in [0.3, 0.4) is 0 Å². The Bertz CT molecular complexity index is 1210. The average molecular weight is 570 g/mol. The van der Waals surface area contributed by atoms with Gasteiger partial charge in [-0.15, -0.1) is 0 Å². The summed E-state index contributed by atoms with van der Waals surface area (Å²) in [5.41, 5.74) is -0.158. The minimum atomic E-state index is -0.701. The van der Waals surface area contributed by atoms with Crippen molar-refractivity contribution in [3.8, 4) is 0 Å². The Labute approximate surface area is 241 Å². The van der Waals surface area contributed by atoms with Crippen LogP contribution in [0.5, 0.6) is 0 Å². The molecule has 1 aromatic rings. The standard InChI is InChI=1S/C29H43N7O5/c1-6-21(4)31-25(37)20-36-17-11-13-24(29(36)41)33-28(40)23(12-9-10-14-26(38)34(7-2)8-3)32-27(39)22(5)35-18-15-30-16-19-35/h10-14,17,22,30H,4,6-9,15-16,18-20H2,1-3,5H3,(H,31,37)(H,32,39)(H,33,40)/b14-10+,23-12+. The fourth-order valence-electron chi connectivity index (χ4n) is 4.09. The molecule has 224 valence electrons. The molecule has 1 aliphatic rings. The number of nitrogens with one attached hydrogen (secondary N) is 4. The van der Waals surface area contributed by atoms with Gasteiger partial charge >= 0.3 is 0 Å². The van der Waals surface area contributed by atoms with E-state index in [0.717, 1.165) is 13.1 Å². The number of pyridine rings is 1. The van der Waals surface area contributed by atoms with Crippen molar-refractivity contribution in [3.63, 3.8) is 0 Å². The summed E-state index contributed by atoms with van der Waals surface area (Å²) in [6.45, 7) is 14.9. The molecule has 0 spiro atoms. The molecule has 12 nitrogen and oxygen atoms in total. The lowest BCUT2D eigenvalue weighted by atomic mass is 10.2. The second-order valence-corrected chi connectivity index (χ2v) is 9.53. The highest BCUT2D eigenvalue weighted by atomic mass is 16.2. The maximum Gasteiger partial charge on any atom is 0.274 e. The Morgan fingerprint density at radius 3 is 2.44 bits per heavy atom. The zero-order valence-corrected chi connectivity index (χ0v) is 24.5. The number of carbonyl (C=O) groups excluding carboxylic acids is 4. The summed E-state index contributed by atoms with van der Waals surface area (Å²) in [5, 5.41) is 11.1. The summed E-state index contributed by atoms with van der Waals surface area (Å²) in [4.78, 5) is 67.6. The van der Waals surface area contributed by atoms with Gasteiger partial charge in [-0.1, -0.05) is 25.7 Å². The molecule has 4 amide bonds. The van der Waals surface area contributed by atoms with Crippen LogP contribution in [-0.4, -0.2) is 83.3 Å². The summed E-state index contributed by atoms with van der Waals surface area (Å²) >= 11 is 0. The van der Waals surface area contributed by atoms with E-state index in [-0.39, 0.29) is 36.2 Å². The molecular formula is C29H43N7O5. The molecule has 0 bridgehead atoms. The second-order valence-electron chi connectivity index (χ2n) is 9.53. The van der Waals surface area contributed by atoms with E-state index in [1.807, 2.05) is 25.7 Å². The van der Waals surface area contributed by atoms with Crippen LogP contribution in [0.15, 0.2) is 59.3 Å². The van der Waals surface area contributed by atoms with Gasteiger partial charge in [-0.2, -0.15) is 0 Å². The predicted molar refractivity (Wildman–Crippen MR) is 159 cm³/mol. The van der Waals surface area contributed by atoms with Crippen molar-refractivity contribution in [2.75, 3.05) is 44.6 Å². The molecule has 2 rings (SSSR count). The minimum Gasteiger partial charge on any atom is -0.340 e. The zero-order chi connectivity index (χ0) is 30.4. The van der Waals surface area contributed by atoms with Crippen LogP contribution in [0.2, 0.25) is 0 Å². The number of anilines is 1. The van der Waals surface area contributed by atoms with Gasteiger partial charge in [0.05, 0.1) is 6.04 Å². The number of carbonyl (C=O) groups is 4. The molecule has 0 saturated carbocycles. The van der Waals surface area contributed by atoms with Crippen molar-refractivity contribution in [1.82, 2.24) is 30.3 Å². The molecule has 41 heavy (non-hydrogen) atoms. The third kappa shape index (κ3) is 10.5. The van der Waals surface area contributed by atoms with Crippen LogP contribution < -0.4 is 26.8 Å². The summed E-state index contributed by atoms with van der Waals surface area (Å²) in [6.07, 6.45) is 6.73. The molecule has 0 radical (unpaired) electrons. The average Bonchev–Trinajstić information content (AvgIpc) is 2.97. The van der Waals surface area contributed by atoms with E-state index in [2.05, 4.69) is 27.8 Å². The molecule has 1 unspecified atom stereocenters. The molecule has 2 heterocycles. The number of piperazine rings is 1. The molecule has 1 aliphatic heterocycles. The highest BCUT2D eigenvalue weighted by Gasteiger charge is 2.25.